The van der Waals surface area contributed by atoms with Crippen LogP contribution in [0.3, 0.4) is 0 Å². The maximum Gasteiger partial charge on any atom is 0.267 e. The standard InChI is InChI=1S/C26H17F3N4O4S/c1-33-14-15(9-10-24(34)32-38(35,36)23-12-17(28)16(27)11-18(23)29)26-21(33)7-4-8-22(26)37-25-13-30-19-5-2-3-6-20(19)31-25/h2-14H,1H3,(H,32,34)/b10-9+. The van der Waals surface area contributed by atoms with Crippen molar-refractivity contribution in [2.45, 2.75) is 4.90 Å². The average molecular weight is 539 g/mol. The van der Waals surface area contributed by atoms with Crippen molar-refractivity contribution in [3.05, 3.63) is 96.1 Å². The summed E-state index contributed by atoms with van der Waals surface area (Å²) in [7, 11) is -3.04. The van der Waals surface area contributed by atoms with Gasteiger partial charge in [0.2, 0.25) is 5.88 Å². The van der Waals surface area contributed by atoms with Crippen LogP contribution in [-0.4, -0.2) is 28.9 Å². The number of hydrogen-bond donors (Lipinski definition) is 1. The van der Waals surface area contributed by atoms with Gasteiger partial charge in [-0.25, -0.2) is 36.3 Å². The smallest absolute Gasteiger partial charge is 0.267 e. The number of hydrogen-bond acceptors (Lipinski definition) is 6. The van der Waals surface area contributed by atoms with E-state index >= 15 is 0 Å². The maximum absolute atomic E-state index is 13.9. The zero-order valence-electron chi connectivity index (χ0n) is 19.5. The summed E-state index contributed by atoms with van der Waals surface area (Å²) in [6.45, 7) is 0. The average Bonchev–Trinajstić information content (AvgIpc) is 3.21. The monoisotopic (exact) mass is 538 g/mol. The highest BCUT2D eigenvalue weighted by atomic mass is 32.2. The molecule has 0 saturated carbocycles. The van der Waals surface area contributed by atoms with E-state index in [9.17, 15) is 26.4 Å². The molecule has 38 heavy (non-hydrogen) atoms. The number of nitrogens with one attached hydrogen (secondary N) is 1. The summed E-state index contributed by atoms with van der Waals surface area (Å²) >= 11 is 0. The van der Waals surface area contributed by atoms with E-state index in [0.717, 1.165) is 11.6 Å². The summed E-state index contributed by atoms with van der Waals surface area (Å²) in [5.74, 6) is -5.16. The third kappa shape index (κ3) is 4.81. The molecule has 0 unspecified atom stereocenters. The van der Waals surface area contributed by atoms with Crippen LogP contribution in [0.2, 0.25) is 0 Å². The number of carbonyl (C=O) groups is 1. The number of nitrogens with zero attached hydrogens (tertiary/aromatic N) is 3. The summed E-state index contributed by atoms with van der Waals surface area (Å²) in [4.78, 5) is 20.0. The van der Waals surface area contributed by atoms with Crippen molar-refractivity contribution < 1.29 is 31.1 Å². The molecule has 1 N–H and O–H groups in total. The molecule has 0 aliphatic rings. The zero-order valence-corrected chi connectivity index (χ0v) is 20.3. The van der Waals surface area contributed by atoms with Crippen LogP contribution in [0.1, 0.15) is 5.56 Å². The lowest BCUT2D eigenvalue weighted by atomic mass is 10.1. The molecule has 0 atom stereocenters. The number of carbonyl (C=O) groups excluding carboxylic acids is 1. The van der Waals surface area contributed by atoms with E-state index in [1.165, 1.54) is 12.3 Å². The van der Waals surface area contributed by atoms with E-state index in [2.05, 4.69) is 9.97 Å². The number of para-hydroxylation sites is 2. The maximum atomic E-state index is 13.9. The Balaban J connectivity index is 1.44. The second-order valence-corrected chi connectivity index (χ2v) is 9.80. The SMILES string of the molecule is Cn1cc(/C=C/C(=O)NS(=O)(=O)c2cc(F)c(F)cc2F)c2c(Oc3cnc4ccccc4n3)cccc21. The molecule has 2 heterocycles. The van der Waals surface area contributed by atoms with Gasteiger partial charge in [0.1, 0.15) is 16.5 Å². The van der Waals surface area contributed by atoms with Gasteiger partial charge in [0.05, 0.1) is 22.7 Å². The predicted octanol–water partition coefficient (Wildman–Crippen LogP) is 4.85. The van der Waals surface area contributed by atoms with Crippen molar-refractivity contribution in [3.8, 4) is 11.6 Å². The molecule has 0 fully saturated rings. The van der Waals surface area contributed by atoms with Crippen LogP contribution in [0.15, 0.2) is 78.0 Å². The number of halogens is 3. The third-order valence-electron chi connectivity index (χ3n) is 5.56. The Morgan fingerprint density at radius 2 is 1.74 bits per heavy atom. The first-order valence-corrected chi connectivity index (χ1v) is 12.5. The van der Waals surface area contributed by atoms with Gasteiger partial charge in [-0.3, -0.25) is 4.79 Å². The Kier molecular flexibility index (Phi) is 6.33. The number of amides is 1. The van der Waals surface area contributed by atoms with Crippen LogP contribution in [0.25, 0.3) is 28.0 Å². The van der Waals surface area contributed by atoms with Gasteiger partial charge in [-0.1, -0.05) is 18.2 Å². The van der Waals surface area contributed by atoms with Crippen molar-refractivity contribution in [2.75, 3.05) is 0 Å². The number of aryl methyl sites for hydroxylation is 1. The minimum atomic E-state index is -4.82. The van der Waals surface area contributed by atoms with E-state index in [-0.39, 0.29) is 18.0 Å². The van der Waals surface area contributed by atoms with Crippen LogP contribution >= 0.6 is 0 Å². The van der Waals surface area contributed by atoms with Crippen LogP contribution in [-0.2, 0) is 21.9 Å². The number of sulfonamides is 1. The molecule has 0 saturated heterocycles. The Morgan fingerprint density at radius 1 is 1.00 bits per heavy atom. The molecule has 3 aromatic carbocycles. The molecule has 8 nitrogen and oxygen atoms in total. The largest absolute Gasteiger partial charge is 0.437 e. The highest BCUT2D eigenvalue weighted by Gasteiger charge is 2.23. The van der Waals surface area contributed by atoms with Gasteiger partial charge in [0.15, 0.2) is 11.6 Å². The van der Waals surface area contributed by atoms with Gasteiger partial charge >= 0.3 is 0 Å². The van der Waals surface area contributed by atoms with E-state index in [1.54, 1.807) is 40.7 Å². The van der Waals surface area contributed by atoms with Crippen molar-refractivity contribution in [1.82, 2.24) is 19.3 Å². The van der Waals surface area contributed by atoms with E-state index in [4.69, 9.17) is 4.74 Å². The second-order valence-electron chi connectivity index (χ2n) is 8.14. The summed E-state index contributed by atoms with van der Waals surface area (Å²) in [5, 5.41) is 0.600. The molecule has 192 valence electrons. The fraction of sp³-hybridized carbons (Fsp3) is 0.0385. The van der Waals surface area contributed by atoms with E-state index in [0.29, 0.717) is 27.7 Å². The predicted molar refractivity (Wildman–Crippen MR) is 133 cm³/mol. The quantitative estimate of drug-likeness (QED) is 0.245. The van der Waals surface area contributed by atoms with Crippen LogP contribution in [0, 0.1) is 17.5 Å². The van der Waals surface area contributed by atoms with Crippen LogP contribution in [0.5, 0.6) is 11.6 Å². The first-order chi connectivity index (χ1) is 18.1. The normalized spacial score (nSPS) is 11.9. The Bertz CT molecular complexity index is 1870. The van der Waals surface area contributed by atoms with E-state index < -0.39 is 38.3 Å². The number of benzene rings is 3. The van der Waals surface area contributed by atoms with Gasteiger partial charge in [0, 0.05) is 42.4 Å². The fourth-order valence-electron chi connectivity index (χ4n) is 3.86. The molecule has 0 spiro atoms. The Labute approximate surface area is 214 Å². The Hall–Kier alpha value is -4.71. The number of aromatic nitrogens is 3. The highest BCUT2D eigenvalue weighted by Crippen LogP contribution is 2.34. The molecule has 1 amide bonds. The number of ether oxygens (including phenoxy) is 1. The zero-order chi connectivity index (χ0) is 27.0. The summed E-state index contributed by atoms with van der Waals surface area (Å²) in [6.07, 6.45) is 5.43. The highest BCUT2D eigenvalue weighted by molar-refractivity contribution is 7.90. The van der Waals surface area contributed by atoms with Crippen molar-refractivity contribution >= 4 is 43.9 Å². The van der Waals surface area contributed by atoms with Gasteiger partial charge in [0.25, 0.3) is 15.9 Å². The lowest BCUT2D eigenvalue weighted by molar-refractivity contribution is -0.114. The van der Waals surface area contributed by atoms with E-state index in [1.807, 2.05) is 24.3 Å². The molecule has 5 rings (SSSR count). The van der Waals surface area contributed by atoms with Crippen molar-refractivity contribution in [1.29, 1.82) is 0 Å². The first kappa shape index (κ1) is 25.0. The molecule has 0 radical (unpaired) electrons. The number of rotatable bonds is 6. The third-order valence-corrected chi connectivity index (χ3v) is 6.92. The molecular weight excluding hydrogens is 521 g/mol. The topological polar surface area (TPSA) is 103 Å². The molecule has 0 aliphatic carbocycles. The number of fused-ring (bicyclic) bond motifs is 2. The molecule has 12 heteroatoms. The van der Waals surface area contributed by atoms with Crippen LogP contribution < -0.4 is 9.46 Å². The minimum Gasteiger partial charge on any atom is -0.437 e. The second kappa shape index (κ2) is 9.63. The molecule has 5 aromatic rings. The molecule has 0 bridgehead atoms. The molecular formula is C26H17F3N4O4S. The first-order valence-electron chi connectivity index (χ1n) is 11.0. The van der Waals surface area contributed by atoms with Gasteiger partial charge in [-0.2, -0.15) is 0 Å². The van der Waals surface area contributed by atoms with Crippen LogP contribution in [0.4, 0.5) is 13.2 Å². The van der Waals surface area contributed by atoms with Gasteiger partial charge in [-0.05, 0) is 30.3 Å². The fourth-order valence-corrected chi connectivity index (χ4v) is 4.87. The summed E-state index contributed by atoms with van der Waals surface area (Å²) < 4.78 is 74.7. The minimum absolute atomic E-state index is 0.0851. The Morgan fingerprint density at radius 3 is 2.53 bits per heavy atom. The molecule has 0 aliphatic heterocycles. The van der Waals surface area contributed by atoms with Crippen molar-refractivity contribution in [2.24, 2.45) is 7.05 Å². The summed E-state index contributed by atoms with van der Waals surface area (Å²) in [6, 6.07) is 12.8. The lowest BCUT2D eigenvalue weighted by Crippen LogP contribution is -2.29. The van der Waals surface area contributed by atoms with Gasteiger partial charge < -0.3 is 9.30 Å². The van der Waals surface area contributed by atoms with Gasteiger partial charge in [-0.15, -0.1) is 0 Å². The molecule has 2 aromatic heterocycles. The van der Waals surface area contributed by atoms with Crippen molar-refractivity contribution in [3.63, 3.8) is 0 Å². The lowest BCUT2D eigenvalue weighted by Gasteiger charge is -2.08. The summed E-state index contributed by atoms with van der Waals surface area (Å²) in [5.41, 5.74) is 2.58.